The molecule has 0 aliphatic heterocycles. The van der Waals surface area contributed by atoms with Gasteiger partial charge in [-0.05, 0) is 56.0 Å². The third kappa shape index (κ3) is 6.71. The lowest BCUT2D eigenvalue weighted by Gasteiger charge is -2.30. The predicted octanol–water partition coefficient (Wildman–Crippen LogP) is 3.38. The van der Waals surface area contributed by atoms with E-state index in [1.54, 1.807) is 0 Å². The van der Waals surface area contributed by atoms with Crippen molar-refractivity contribution in [3.8, 4) is 0 Å². The number of rotatable bonds is 8. The molecule has 3 N–H and O–H groups in total. The van der Waals surface area contributed by atoms with Crippen molar-refractivity contribution in [2.75, 3.05) is 25.0 Å². The van der Waals surface area contributed by atoms with Crippen LogP contribution in [0.2, 0.25) is 0 Å². The zero-order chi connectivity index (χ0) is 16.5. The van der Waals surface area contributed by atoms with Gasteiger partial charge in [0.05, 0.1) is 0 Å². The van der Waals surface area contributed by atoms with Crippen molar-refractivity contribution in [3.63, 3.8) is 0 Å². The van der Waals surface area contributed by atoms with Crippen molar-refractivity contribution in [2.24, 2.45) is 11.7 Å². The van der Waals surface area contributed by atoms with Gasteiger partial charge in [0.15, 0.2) is 0 Å². The first-order chi connectivity index (χ1) is 11.2. The van der Waals surface area contributed by atoms with Crippen LogP contribution < -0.4 is 11.1 Å². The Labute approximate surface area is 140 Å². The molecule has 0 heterocycles. The summed E-state index contributed by atoms with van der Waals surface area (Å²) in [5.74, 6) is 0.819. The molecular formula is C19H31N3O. The molecular weight excluding hydrogens is 286 g/mol. The summed E-state index contributed by atoms with van der Waals surface area (Å²) in [5.41, 5.74) is 7.86. The van der Waals surface area contributed by atoms with Gasteiger partial charge in [0, 0.05) is 25.7 Å². The van der Waals surface area contributed by atoms with Gasteiger partial charge in [-0.1, -0.05) is 31.4 Å². The van der Waals surface area contributed by atoms with E-state index in [0.717, 1.165) is 37.7 Å². The van der Waals surface area contributed by atoms with Crippen LogP contribution in [0, 0.1) is 5.92 Å². The number of nitrogens with zero attached hydrogens (tertiary/aromatic N) is 1. The lowest BCUT2D eigenvalue weighted by Crippen LogP contribution is -2.32. The van der Waals surface area contributed by atoms with Gasteiger partial charge >= 0.3 is 0 Å². The average Bonchev–Trinajstić information content (AvgIpc) is 2.55. The SMILES string of the molecule is CC(=O)Nc1ccc(CN(CCCN)CC2CCCCC2)cc1. The first kappa shape index (κ1) is 18.0. The highest BCUT2D eigenvalue weighted by molar-refractivity contribution is 5.88. The molecule has 1 amide bonds. The molecule has 0 unspecified atom stereocenters. The number of anilines is 1. The van der Waals surface area contributed by atoms with Gasteiger partial charge in [-0.15, -0.1) is 0 Å². The van der Waals surface area contributed by atoms with Crippen molar-refractivity contribution in [3.05, 3.63) is 29.8 Å². The van der Waals surface area contributed by atoms with Crippen LogP contribution in [0.3, 0.4) is 0 Å². The third-order valence-electron chi connectivity index (χ3n) is 4.60. The van der Waals surface area contributed by atoms with Crippen LogP contribution in [0.25, 0.3) is 0 Å². The van der Waals surface area contributed by atoms with Crippen molar-refractivity contribution >= 4 is 11.6 Å². The van der Waals surface area contributed by atoms with Gasteiger partial charge in [0.25, 0.3) is 0 Å². The average molecular weight is 317 g/mol. The van der Waals surface area contributed by atoms with Gasteiger partial charge in [0.1, 0.15) is 0 Å². The van der Waals surface area contributed by atoms with E-state index in [0.29, 0.717) is 0 Å². The van der Waals surface area contributed by atoms with Crippen LogP contribution in [-0.2, 0) is 11.3 Å². The van der Waals surface area contributed by atoms with E-state index >= 15 is 0 Å². The van der Waals surface area contributed by atoms with Crippen molar-refractivity contribution in [2.45, 2.75) is 52.0 Å². The molecule has 128 valence electrons. The molecule has 1 aromatic carbocycles. The van der Waals surface area contributed by atoms with Gasteiger partial charge < -0.3 is 11.1 Å². The van der Waals surface area contributed by atoms with Crippen LogP contribution in [0.4, 0.5) is 5.69 Å². The minimum atomic E-state index is -0.0281. The van der Waals surface area contributed by atoms with Crippen LogP contribution in [0.15, 0.2) is 24.3 Å². The number of carbonyl (C=O) groups is 1. The largest absolute Gasteiger partial charge is 0.330 e. The number of nitrogens with one attached hydrogen (secondary N) is 1. The van der Waals surface area contributed by atoms with Crippen molar-refractivity contribution in [1.29, 1.82) is 0 Å². The molecule has 1 fully saturated rings. The summed E-state index contributed by atoms with van der Waals surface area (Å²) in [6.07, 6.45) is 7.99. The maximum Gasteiger partial charge on any atom is 0.221 e. The van der Waals surface area contributed by atoms with E-state index < -0.39 is 0 Å². The van der Waals surface area contributed by atoms with E-state index in [-0.39, 0.29) is 5.91 Å². The maximum absolute atomic E-state index is 11.1. The minimum Gasteiger partial charge on any atom is -0.330 e. The summed E-state index contributed by atoms with van der Waals surface area (Å²) >= 11 is 0. The fourth-order valence-electron chi connectivity index (χ4n) is 3.44. The third-order valence-corrected chi connectivity index (χ3v) is 4.60. The van der Waals surface area contributed by atoms with E-state index in [4.69, 9.17) is 5.73 Å². The number of amides is 1. The quantitative estimate of drug-likeness (QED) is 0.773. The zero-order valence-corrected chi connectivity index (χ0v) is 14.4. The molecule has 1 saturated carbocycles. The first-order valence-electron chi connectivity index (χ1n) is 8.96. The number of nitrogens with two attached hydrogens (primary N) is 1. The number of hydrogen-bond donors (Lipinski definition) is 2. The lowest BCUT2D eigenvalue weighted by atomic mass is 9.89. The summed E-state index contributed by atoms with van der Waals surface area (Å²) in [5, 5.41) is 2.82. The molecule has 0 aromatic heterocycles. The molecule has 0 spiro atoms. The van der Waals surface area contributed by atoms with E-state index in [1.165, 1.54) is 51.1 Å². The minimum absolute atomic E-state index is 0.0281. The molecule has 1 aliphatic carbocycles. The molecule has 0 bridgehead atoms. The molecule has 0 radical (unpaired) electrons. The van der Waals surface area contributed by atoms with E-state index in [9.17, 15) is 4.79 Å². The highest BCUT2D eigenvalue weighted by Gasteiger charge is 2.17. The second-order valence-electron chi connectivity index (χ2n) is 6.76. The Morgan fingerprint density at radius 2 is 1.91 bits per heavy atom. The van der Waals surface area contributed by atoms with Gasteiger partial charge in [0.2, 0.25) is 5.91 Å². The number of hydrogen-bond acceptors (Lipinski definition) is 3. The van der Waals surface area contributed by atoms with Crippen molar-refractivity contribution in [1.82, 2.24) is 4.90 Å². The summed E-state index contributed by atoms with van der Waals surface area (Å²) < 4.78 is 0. The summed E-state index contributed by atoms with van der Waals surface area (Å²) in [6, 6.07) is 8.19. The Morgan fingerprint density at radius 3 is 2.52 bits per heavy atom. The fourth-order valence-corrected chi connectivity index (χ4v) is 3.44. The first-order valence-corrected chi connectivity index (χ1v) is 8.96. The topological polar surface area (TPSA) is 58.4 Å². The summed E-state index contributed by atoms with van der Waals surface area (Å²) in [4.78, 5) is 13.6. The van der Waals surface area contributed by atoms with Crippen molar-refractivity contribution < 1.29 is 4.79 Å². The van der Waals surface area contributed by atoms with Crippen LogP contribution in [-0.4, -0.2) is 30.4 Å². The fraction of sp³-hybridized carbons (Fsp3) is 0.632. The predicted molar refractivity (Wildman–Crippen MR) is 96.3 cm³/mol. The second-order valence-corrected chi connectivity index (χ2v) is 6.76. The molecule has 0 atom stereocenters. The standard InChI is InChI=1S/C19H31N3O/c1-16(23)21-19-10-8-18(9-11-19)15-22(13-5-12-20)14-17-6-3-2-4-7-17/h8-11,17H,2-7,12-15,20H2,1H3,(H,21,23). The molecule has 23 heavy (non-hydrogen) atoms. The highest BCUT2D eigenvalue weighted by atomic mass is 16.1. The van der Waals surface area contributed by atoms with Gasteiger partial charge in [-0.2, -0.15) is 0 Å². The number of carbonyl (C=O) groups excluding carboxylic acids is 1. The Morgan fingerprint density at radius 1 is 1.22 bits per heavy atom. The van der Waals surface area contributed by atoms with Gasteiger partial charge in [-0.3, -0.25) is 9.69 Å². The monoisotopic (exact) mass is 317 g/mol. The Bertz CT molecular complexity index is 466. The molecule has 2 rings (SSSR count). The Kier molecular flexibility index (Phi) is 7.56. The molecule has 4 nitrogen and oxygen atoms in total. The molecule has 1 aliphatic rings. The number of benzene rings is 1. The van der Waals surface area contributed by atoms with Gasteiger partial charge in [-0.25, -0.2) is 0 Å². The normalized spacial score (nSPS) is 15.8. The van der Waals surface area contributed by atoms with Crippen LogP contribution >= 0.6 is 0 Å². The highest BCUT2D eigenvalue weighted by Crippen LogP contribution is 2.25. The van der Waals surface area contributed by atoms with Crippen LogP contribution in [0.5, 0.6) is 0 Å². The summed E-state index contributed by atoms with van der Waals surface area (Å²) in [6.45, 7) is 5.51. The zero-order valence-electron chi connectivity index (χ0n) is 14.4. The van der Waals surface area contributed by atoms with E-state index in [1.807, 2.05) is 12.1 Å². The summed E-state index contributed by atoms with van der Waals surface area (Å²) in [7, 11) is 0. The second kappa shape index (κ2) is 9.68. The maximum atomic E-state index is 11.1. The molecule has 0 saturated heterocycles. The Balaban J connectivity index is 1.91. The van der Waals surface area contributed by atoms with E-state index in [2.05, 4.69) is 22.3 Å². The molecule has 1 aromatic rings. The smallest absolute Gasteiger partial charge is 0.221 e. The van der Waals surface area contributed by atoms with Crippen LogP contribution in [0.1, 0.15) is 51.0 Å². The lowest BCUT2D eigenvalue weighted by molar-refractivity contribution is -0.114. The Hall–Kier alpha value is -1.39. The molecule has 4 heteroatoms.